The van der Waals surface area contributed by atoms with Crippen molar-refractivity contribution in [1.82, 2.24) is 15.5 Å². The Morgan fingerprint density at radius 2 is 1.57 bits per heavy atom. The van der Waals surface area contributed by atoms with Gasteiger partial charge in [0.05, 0.1) is 12.1 Å². The molecule has 0 aliphatic carbocycles. The average molecular weight is 444 g/mol. The molecule has 1 aliphatic rings. The van der Waals surface area contributed by atoms with Crippen LogP contribution in [0.2, 0.25) is 0 Å². The van der Waals surface area contributed by atoms with E-state index in [1.807, 2.05) is 24.3 Å². The largest absolute Gasteiger partial charge is 0.349 e. The predicted molar refractivity (Wildman–Crippen MR) is 110 cm³/mol. The first-order chi connectivity index (χ1) is 13.5. The van der Waals surface area contributed by atoms with Crippen molar-refractivity contribution in [3.8, 4) is 0 Å². The minimum Gasteiger partial charge on any atom is -0.349 e. The lowest BCUT2D eigenvalue weighted by Crippen LogP contribution is -2.49. The Balaban J connectivity index is 1.43. The fourth-order valence-corrected chi connectivity index (χ4v) is 3.61. The summed E-state index contributed by atoms with van der Waals surface area (Å²) in [6, 6.07) is 16.1. The maximum absolute atomic E-state index is 12.4. The van der Waals surface area contributed by atoms with Crippen molar-refractivity contribution in [3.63, 3.8) is 0 Å². The average Bonchev–Trinajstić information content (AvgIpc) is 2.73. The smallest absolute Gasteiger partial charge is 0.252 e. The number of halogens is 1. The highest BCUT2D eigenvalue weighted by molar-refractivity contribution is 9.10. The number of benzene rings is 2. The molecule has 0 unspecified atom stereocenters. The zero-order valence-corrected chi connectivity index (χ0v) is 16.9. The summed E-state index contributed by atoms with van der Waals surface area (Å²) in [5.41, 5.74) is 1.13. The van der Waals surface area contributed by atoms with E-state index in [1.54, 1.807) is 35.2 Å². The second-order valence-electron chi connectivity index (χ2n) is 6.66. The summed E-state index contributed by atoms with van der Waals surface area (Å²) in [6.07, 6.45) is 1.38. The monoisotopic (exact) mass is 443 g/mol. The Morgan fingerprint density at radius 3 is 2.25 bits per heavy atom. The molecular weight excluding hydrogens is 422 g/mol. The van der Waals surface area contributed by atoms with E-state index in [0.29, 0.717) is 37.1 Å². The van der Waals surface area contributed by atoms with Crippen LogP contribution in [-0.4, -0.2) is 48.3 Å². The maximum Gasteiger partial charge on any atom is 0.252 e. The van der Waals surface area contributed by atoms with Gasteiger partial charge in [-0.15, -0.1) is 0 Å². The van der Waals surface area contributed by atoms with Crippen molar-refractivity contribution in [2.45, 2.75) is 18.9 Å². The SMILES string of the molecule is O=C(NCC(=O)N1CCC(NC(=O)c2ccccc2Br)CC1)c1ccccc1. The van der Waals surface area contributed by atoms with Crippen molar-refractivity contribution >= 4 is 33.7 Å². The third kappa shape index (κ3) is 5.19. The van der Waals surface area contributed by atoms with E-state index < -0.39 is 0 Å². The predicted octanol–water partition coefficient (Wildman–Crippen LogP) is 2.60. The Kier molecular flexibility index (Phi) is 6.81. The minimum atomic E-state index is -0.260. The van der Waals surface area contributed by atoms with Crippen LogP contribution in [-0.2, 0) is 4.79 Å². The van der Waals surface area contributed by atoms with Crippen LogP contribution in [0.4, 0.5) is 0 Å². The van der Waals surface area contributed by atoms with Gasteiger partial charge >= 0.3 is 0 Å². The van der Waals surface area contributed by atoms with Crippen LogP contribution in [0.25, 0.3) is 0 Å². The van der Waals surface area contributed by atoms with Gasteiger partial charge in [-0.2, -0.15) is 0 Å². The summed E-state index contributed by atoms with van der Waals surface area (Å²) in [4.78, 5) is 38.5. The van der Waals surface area contributed by atoms with Crippen LogP contribution >= 0.6 is 15.9 Å². The molecular formula is C21H22BrN3O3. The number of likely N-dealkylation sites (tertiary alicyclic amines) is 1. The lowest BCUT2D eigenvalue weighted by molar-refractivity contribution is -0.131. The van der Waals surface area contributed by atoms with Crippen molar-refractivity contribution in [1.29, 1.82) is 0 Å². The zero-order chi connectivity index (χ0) is 19.9. The van der Waals surface area contributed by atoms with Crippen LogP contribution in [0, 0.1) is 0 Å². The van der Waals surface area contributed by atoms with Crippen molar-refractivity contribution in [2.75, 3.05) is 19.6 Å². The number of hydrogen-bond donors (Lipinski definition) is 2. The summed E-state index contributed by atoms with van der Waals surface area (Å²) in [5.74, 6) is -0.489. The Hall–Kier alpha value is -2.67. The topological polar surface area (TPSA) is 78.5 Å². The Bertz CT molecular complexity index is 849. The van der Waals surface area contributed by atoms with E-state index in [9.17, 15) is 14.4 Å². The van der Waals surface area contributed by atoms with E-state index in [-0.39, 0.29) is 30.3 Å². The second kappa shape index (κ2) is 9.50. The maximum atomic E-state index is 12.4. The lowest BCUT2D eigenvalue weighted by Gasteiger charge is -2.32. The van der Waals surface area contributed by atoms with E-state index in [4.69, 9.17) is 0 Å². The minimum absolute atomic E-state index is 0.0261. The highest BCUT2D eigenvalue weighted by Gasteiger charge is 2.24. The fourth-order valence-electron chi connectivity index (χ4n) is 3.14. The normalized spacial score (nSPS) is 14.4. The quantitative estimate of drug-likeness (QED) is 0.745. The molecule has 7 heteroatoms. The highest BCUT2D eigenvalue weighted by Crippen LogP contribution is 2.17. The lowest BCUT2D eigenvalue weighted by atomic mass is 10.0. The molecule has 1 saturated heterocycles. The van der Waals surface area contributed by atoms with Gasteiger partial charge in [0, 0.05) is 29.2 Å². The van der Waals surface area contributed by atoms with Crippen LogP contribution in [0.1, 0.15) is 33.6 Å². The number of piperidine rings is 1. The van der Waals surface area contributed by atoms with E-state index in [1.165, 1.54) is 0 Å². The summed E-state index contributed by atoms with van der Waals surface area (Å²) in [5, 5.41) is 5.69. The molecule has 3 amide bonds. The molecule has 2 N–H and O–H groups in total. The molecule has 146 valence electrons. The Morgan fingerprint density at radius 1 is 0.929 bits per heavy atom. The first-order valence-corrected chi connectivity index (χ1v) is 10.0. The van der Waals surface area contributed by atoms with Crippen LogP contribution in [0.3, 0.4) is 0 Å². The van der Waals surface area contributed by atoms with Gasteiger partial charge in [-0.3, -0.25) is 14.4 Å². The molecule has 1 heterocycles. The summed E-state index contributed by atoms with van der Waals surface area (Å²) in [6.45, 7) is 1.09. The molecule has 6 nitrogen and oxygen atoms in total. The molecule has 0 atom stereocenters. The van der Waals surface area contributed by atoms with Crippen molar-refractivity contribution in [3.05, 3.63) is 70.2 Å². The first-order valence-electron chi connectivity index (χ1n) is 9.21. The molecule has 0 bridgehead atoms. The molecule has 1 aliphatic heterocycles. The van der Waals surface area contributed by atoms with Gasteiger partial charge in [-0.1, -0.05) is 30.3 Å². The van der Waals surface area contributed by atoms with Gasteiger partial charge in [0.25, 0.3) is 11.8 Å². The molecule has 0 saturated carbocycles. The number of carbonyl (C=O) groups is 3. The van der Waals surface area contributed by atoms with Gasteiger partial charge in [-0.05, 0) is 53.0 Å². The number of rotatable bonds is 5. The Labute approximate surface area is 172 Å². The molecule has 2 aromatic carbocycles. The number of nitrogens with one attached hydrogen (secondary N) is 2. The van der Waals surface area contributed by atoms with E-state index >= 15 is 0 Å². The van der Waals surface area contributed by atoms with Crippen LogP contribution in [0.5, 0.6) is 0 Å². The van der Waals surface area contributed by atoms with E-state index in [2.05, 4.69) is 26.6 Å². The fraction of sp³-hybridized carbons (Fsp3) is 0.286. The third-order valence-electron chi connectivity index (χ3n) is 4.74. The van der Waals surface area contributed by atoms with Gasteiger partial charge in [0.2, 0.25) is 5.91 Å². The van der Waals surface area contributed by atoms with Crippen LogP contribution < -0.4 is 10.6 Å². The van der Waals surface area contributed by atoms with Gasteiger partial charge < -0.3 is 15.5 Å². The molecule has 1 fully saturated rings. The van der Waals surface area contributed by atoms with E-state index in [0.717, 1.165) is 4.47 Å². The number of nitrogens with zero attached hydrogens (tertiary/aromatic N) is 1. The van der Waals surface area contributed by atoms with Crippen molar-refractivity contribution in [2.24, 2.45) is 0 Å². The number of hydrogen-bond acceptors (Lipinski definition) is 3. The number of carbonyl (C=O) groups excluding carboxylic acids is 3. The molecule has 0 radical (unpaired) electrons. The summed E-state index contributed by atoms with van der Waals surface area (Å²) >= 11 is 3.39. The standard InChI is InChI=1S/C21H22BrN3O3/c22-18-9-5-4-8-17(18)21(28)24-16-10-12-25(13-11-16)19(26)14-23-20(27)15-6-2-1-3-7-15/h1-9,16H,10-14H2,(H,23,27)(H,24,28). The molecule has 0 spiro atoms. The molecule has 28 heavy (non-hydrogen) atoms. The van der Waals surface area contributed by atoms with Gasteiger partial charge in [-0.25, -0.2) is 0 Å². The zero-order valence-electron chi connectivity index (χ0n) is 15.4. The number of amides is 3. The van der Waals surface area contributed by atoms with Crippen molar-refractivity contribution < 1.29 is 14.4 Å². The molecule has 0 aromatic heterocycles. The molecule has 2 aromatic rings. The van der Waals surface area contributed by atoms with Gasteiger partial charge in [0.15, 0.2) is 0 Å². The molecule has 3 rings (SSSR count). The first kappa shape index (κ1) is 20.1. The van der Waals surface area contributed by atoms with Crippen LogP contribution in [0.15, 0.2) is 59.1 Å². The second-order valence-corrected chi connectivity index (χ2v) is 7.51. The summed E-state index contributed by atoms with van der Waals surface area (Å²) < 4.78 is 0.759. The van der Waals surface area contributed by atoms with Gasteiger partial charge in [0.1, 0.15) is 0 Å². The third-order valence-corrected chi connectivity index (χ3v) is 5.43. The summed E-state index contributed by atoms with van der Waals surface area (Å²) in [7, 11) is 0. The highest BCUT2D eigenvalue weighted by atomic mass is 79.9.